The third-order valence-corrected chi connectivity index (χ3v) is 3.54. The van der Waals surface area contributed by atoms with Crippen molar-refractivity contribution in [3.05, 3.63) is 35.2 Å². The Balaban J connectivity index is 1.96. The van der Waals surface area contributed by atoms with Gasteiger partial charge in [0.1, 0.15) is 5.82 Å². The second-order valence-electron chi connectivity index (χ2n) is 4.86. The fourth-order valence-corrected chi connectivity index (χ4v) is 2.59. The lowest BCUT2D eigenvalue weighted by Crippen LogP contribution is -2.22. The van der Waals surface area contributed by atoms with Crippen molar-refractivity contribution in [2.45, 2.75) is 46.7 Å². The number of nitrogens with zero attached hydrogens (tertiary/aromatic N) is 3. The molecule has 0 bridgehead atoms. The number of rotatable bonds is 6. The summed E-state index contributed by atoms with van der Waals surface area (Å²) in [6.07, 6.45) is 4.56. The quantitative estimate of drug-likeness (QED) is 0.837. The maximum absolute atomic E-state index is 4.57. The summed E-state index contributed by atoms with van der Waals surface area (Å²) in [6, 6.07) is 0.315. The van der Waals surface area contributed by atoms with Crippen LogP contribution in [0.5, 0.6) is 0 Å². The number of hydrogen-bond acceptors (Lipinski definition) is 3. The molecule has 0 saturated heterocycles. The molecule has 19 heavy (non-hydrogen) atoms. The Hall–Kier alpha value is -1.62. The van der Waals surface area contributed by atoms with Gasteiger partial charge in [-0.1, -0.05) is 0 Å². The molecule has 0 spiro atoms. The Morgan fingerprint density at radius 3 is 2.79 bits per heavy atom. The van der Waals surface area contributed by atoms with Gasteiger partial charge in [-0.25, -0.2) is 4.98 Å². The lowest BCUT2D eigenvalue weighted by Gasteiger charge is -2.14. The van der Waals surface area contributed by atoms with Crippen LogP contribution < -0.4 is 5.32 Å². The van der Waals surface area contributed by atoms with Crippen LogP contribution in [0.3, 0.4) is 0 Å². The summed E-state index contributed by atoms with van der Waals surface area (Å²) in [6.45, 7) is 10.4. The average Bonchev–Trinajstić information content (AvgIpc) is 2.97. The minimum Gasteiger partial charge on any atom is -0.349 e. The molecule has 0 aliphatic heterocycles. The third-order valence-electron chi connectivity index (χ3n) is 3.54. The molecule has 2 aromatic rings. The molecule has 0 fully saturated rings. The smallest absolute Gasteiger partial charge is 0.107 e. The van der Waals surface area contributed by atoms with E-state index in [1.165, 1.54) is 11.3 Å². The highest BCUT2D eigenvalue weighted by Gasteiger charge is 2.16. The van der Waals surface area contributed by atoms with Crippen LogP contribution in [0.4, 0.5) is 0 Å². The zero-order valence-corrected chi connectivity index (χ0v) is 12.2. The van der Waals surface area contributed by atoms with Gasteiger partial charge in [0.2, 0.25) is 0 Å². The van der Waals surface area contributed by atoms with E-state index >= 15 is 0 Å². The van der Waals surface area contributed by atoms with Crippen LogP contribution in [0.1, 0.15) is 42.7 Å². The maximum Gasteiger partial charge on any atom is 0.107 e. The average molecular weight is 261 g/mol. The van der Waals surface area contributed by atoms with Gasteiger partial charge in [-0.3, -0.25) is 4.68 Å². The fraction of sp³-hybridized carbons (Fsp3) is 0.571. The van der Waals surface area contributed by atoms with Crippen molar-refractivity contribution in [2.24, 2.45) is 0 Å². The summed E-state index contributed by atoms with van der Waals surface area (Å²) in [5, 5.41) is 8.11. The number of aromatic nitrogens is 4. The van der Waals surface area contributed by atoms with E-state index in [0.717, 1.165) is 31.0 Å². The van der Waals surface area contributed by atoms with E-state index in [-0.39, 0.29) is 0 Å². The number of aromatic amines is 1. The summed E-state index contributed by atoms with van der Waals surface area (Å²) >= 11 is 0. The number of hydrogen-bond donors (Lipinski definition) is 2. The molecule has 1 atom stereocenters. The minimum atomic E-state index is 0.315. The van der Waals surface area contributed by atoms with Gasteiger partial charge in [-0.15, -0.1) is 0 Å². The molecule has 0 amide bonds. The Bertz CT molecular complexity index is 512. The molecule has 1 unspecified atom stereocenters. The van der Waals surface area contributed by atoms with Crippen molar-refractivity contribution >= 4 is 0 Å². The molecule has 104 valence electrons. The molecule has 2 aromatic heterocycles. The number of nitrogens with one attached hydrogen (secondary N) is 2. The molecule has 5 nitrogen and oxygen atoms in total. The summed E-state index contributed by atoms with van der Waals surface area (Å²) in [7, 11) is 0. The Morgan fingerprint density at radius 1 is 1.42 bits per heavy atom. The monoisotopic (exact) mass is 261 g/mol. The molecule has 2 N–H and O–H groups in total. The zero-order chi connectivity index (χ0) is 13.8. The minimum absolute atomic E-state index is 0.315. The summed E-state index contributed by atoms with van der Waals surface area (Å²) in [5.74, 6) is 1.03. The first-order valence-electron chi connectivity index (χ1n) is 6.89. The molecular weight excluding hydrogens is 238 g/mol. The first-order valence-corrected chi connectivity index (χ1v) is 6.89. The molecule has 0 saturated carbocycles. The van der Waals surface area contributed by atoms with Gasteiger partial charge in [-0.2, -0.15) is 5.10 Å². The largest absolute Gasteiger partial charge is 0.349 e. The van der Waals surface area contributed by atoms with Crippen LogP contribution in [0, 0.1) is 13.8 Å². The first kappa shape index (κ1) is 13.8. The van der Waals surface area contributed by atoms with Crippen molar-refractivity contribution in [2.75, 3.05) is 6.54 Å². The Kier molecular flexibility index (Phi) is 4.37. The maximum atomic E-state index is 4.57. The number of aryl methyl sites for hydroxylation is 2. The van der Waals surface area contributed by atoms with E-state index in [1.54, 1.807) is 6.20 Å². The van der Waals surface area contributed by atoms with Crippen LogP contribution >= 0.6 is 0 Å². The predicted molar refractivity (Wildman–Crippen MR) is 76.1 cm³/mol. The lowest BCUT2D eigenvalue weighted by atomic mass is 10.1. The molecular formula is C14H23N5. The van der Waals surface area contributed by atoms with Gasteiger partial charge in [0.25, 0.3) is 0 Å². The normalized spacial score (nSPS) is 12.8. The van der Waals surface area contributed by atoms with E-state index in [1.807, 2.05) is 6.20 Å². The van der Waals surface area contributed by atoms with E-state index in [2.05, 4.69) is 52.8 Å². The summed E-state index contributed by atoms with van der Waals surface area (Å²) < 4.78 is 2.06. The lowest BCUT2D eigenvalue weighted by molar-refractivity contribution is 0.564. The van der Waals surface area contributed by atoms with E-state index < -0.39 is 0 Å². The molecule has 0 aliphatic rings. The molecule has 5 heteroatoms. The van der Waals surface area contributed by atoms with Crippen molar-refractivity contribution in [1.29, 1.82) is 0 Å². The van der Waals surface area contributed by atoms with E-state index in [4.69, 9.17) is 0 Å². The van der Waals surface area contributed by atoms with Gasteiger partial charge >= 0.3 is 0 Å². The van der Waals surface area contributed by atoms with Crippen molar-refractivity contribution in [3.8, 4) is 0 Å². The fourth-order valence-electron chi connectivity index (χ4n) is 2.59. The topological polar surface area (TPSA) is 58.5 Å². The molecule has 0 aliphatic carbocycles. The third kappa shape index (κ3) is 3.04. The molecule has 2 rings (SSSR count). The highest BCUT2D eigenvalue weighted by atomic mass is 15.3. The van der Waals surface area contributed by atoms with Crippen LogP contribution in [0.2, 0.25) is 0 Å². The van der Waals surface area contributed by atoms with Crippen LogP contribution in [0.15, 0.2) is 12.4 Å². The first-order chi connectivity index (χ1) is 9.13. The van der Waals surface area contributed by atoms with Gasteiger partial charge < -0.3 is 10.3 Å². The Morgan fingerprint density at radius 2 is 2.21 bits per heavy atom. The molecule has 0 radical (unpaired) electrons. The molecule has 2 heterocycles. The molecule has 0 aromatic carbocycles. The van der Waals surface area contributed by atoms with Crippen LogP contribution in [-0.4, -0.2) is 26.3 Å². The van der Waals surface area contributed by atoms with Crippen molar-refractivity contribution in [1.82, 2.24) is 25.1 Å². The highest BCUT2D eigenvalue weighted by molar-refractivity contribution is 5.27. The summed E-state index contributed by atoms with van der Waals surface area (Å²) in [5.41, 5.74) is 3.71. The van der Waals surface area contributed by atoms with Crippen LogP contribution in [-0.2, 0) is 13.0 Å². The highest BCUT2D eigenvalue weighted by Crippen LogP contribution is 2.21. The number of H-pyrrole nitrogens is 1. The van der Waals surface area contributed by atoms with Gasteiger partial charge in [0.15, 0.2) is 0 Å². The standard InChI is InChI=1S/C14H23N5/c1-5-19-12(4)14(11(3)18-19)10(2)15-7-6-13-16-8-9-17-13/h8-10,15H,5-7H2,1-4H3,(H,16,17). The number of imidazole rings is 1. The van der Waals surface area contributed by atoms with Gasteiger partial charge in [-0.05, 0) is 27.7 Å². The Labute approximate surface area is 114 Å². The van der Waals surface area contributed by atoms with E-state index in [0.29, 0.717) is 6.04 Å². The predicted octanol–water partition coefficient (Wildman–Crippen LogP) is 2.14. The van der Waals surface area contributed by atoms with Crippen LogP contribution in [0.25, 0.3) is 0 Å². The van der Waals surface area contributed by atoms with Gasteiger partial charge in [0.05, 0.1) is 5.69 Å². The second-order valence-corrected chi connectivity index (χ2v) is 4.86. The van der Waals surface area contributed by atoms with E-state index in [9.17, 15) is 0 Å². The van der Waals surface area contributed by atoms with Crippen molar-refractivity contribution < 1.29 is 0 Å². The second kappa shape index (κ2) is 6.02. The van der Waals surface area contributed by atoms with Gasteiger partial charge in [0, 0.05) is 49.2 Å². The van der Waals surface area contributed by atoms with Crippen molar-refractivity contribution in [3.63, 3.8) is 0 Å². The summed E-state index contributed by atoms with van der Waals surface area (Å²) in [4.78, 5) is 7.35. The zero-order valence-electron chi connectivity index (χ0n) is 12.2. The SMILES string of the molecule is CCn1nc(C)c(C(C)NCCc2ncc[nH]2)c1C.